The van der Waals surface area contributed by atoms with E-state index in [-0.39, 0.29) is 18.4 Å². The number of hydrogen-bond donors (Lipinski definition) is 1. The topological polar surface area (TPSA) is 50.8 Å². The summed E-state index contributed by atoms with van der Waals surface area (Å²) in [6.07, 6.45) is 6.06. The van der Waals surface area contributed by atoms with Gasteiger partial charge in [0.1, 0.15) is 18.2 Å². The Morgan fingerprint density at radius 2 is 2.39 bits per heavy atom. The van der Waals surface area contributed by atoms with Gasteiger partial charge >= 0.3 is 6.03 Å². The molecule has 5 nitrogen and oxygen atoms in total. The number of halogens is 1. The minimum atomic E-state index is -0.451. The van der Waals surface area contributed by atoms with Crippen LogP contribution in [0.15, 0.2) is 18.2 Å². The van der Waals surface area contributed by atoms with Gasteiger partial charge in [-0.05, 0) is 25.5 Å². The number of hydrogen-bond acceptors (Lipinski definition) is 3. The van der Waals surface area contributed by atoms with Crippen molar-refractivity contribution in [2.24, 2.45) is 5.92 Å². The van der Waals surface area contributed by atoms with Gasteiger partial charge in [0, 0.05) is 31.7 Å². The van der Waals surface area contributed by atoms with E-state index in [9.17, 15) is 9.18 Å². The molecule has 23 heavy (non-hydrogen) atoms. The number of urea groups is 1. The van der Waals surface area contributed by atoms with Crippen molar-refractivity contribution in [1.82, 2.24) is 4.90 Å². The van der Waals surface area contributed by atoms with Gasteiger partial charge in [0.25, 0.3) is 0 Å². The highest BCUT2D eigenvalue weighted by atomic mass is 19.1. The third kappa shape index (κ3) is 4.86. The minimum Gasteiger partial charge on any atom is -0.479 e. The Balaban J connectivity index is 1.96. The van der Waals surface area contributed by atoms with Gasteiger partial charge < -0.3 is 19.7 Å². The van der Waals surface area contributed by atoms with Crippen molar-refractivity contribution in [2.45, 2.75) is 13.3 Å². The summed E-state index contributed by atoms with van der Waals surface area (Å²) >= 11 is 0. The third-order valence-electron chi connectivity index (χ3n) is 3.63. The third-order valence-corrected chi connectivity index (χ3v) is 3.63. The smallest absolute Gasteiger partial charge is 0.321 e. The van der Waals surface area contributed by atoms with Crippen LogP contribution in [0.25, 0.3) is 0 Å². The number of carbonyl (C=O) groups is 1. The molecule has 2 rings (SSSR count). The van der Waals surface area contributed by atoms with Crippen LogP contribution in [-0.4, -0.2) is 43.8 Å². The van der Waals surface area contributed by atoms with Crippen molar-refractivity contribution in [3.8, 4) is 18.1 Å². The lowest BCUT2D eigenvalue weighted by molar-refractivity contribution is 0.113. The molecule has 0 aromatic heterocycles. The van der Waals surface area contributed by atoms with Crippen LogP contribution in [-0.2, 0) is 4.74 Å². The molecule has 1 aliphatic heterocycles. The number of nitrogens with zero attached hydrogens (tertiary/aromatic N) is 1. The lowest BCUT2D eigenvalue weighted by Gasteiger charge is -2.19. The van der Waals surface area contributed by atoms with E-state index in [4.69, 9.17) is 15.9 Å². The van der Waals surface area contributed by atoms with Crippen LogP contribution < -0.4 is 10.1 Å². The fraction of sp³-hybridized carbons (Fsp3) is 0.471. The zero-order chi connectivity index (χ0) is 16.7. The zero-order valence-corrected chi connectivity index (χ0v) is 13.2. The molecule has 1 aromatic rings. The summed E-state index contributed by atoms with van der Waals surface area (Å²) in [6, 6.07) is 3.70. The molecule has 2 amide bonds. The first-order chi connectivity index (χ1) is 11.1. The van der Waals surface area contributed by atoms with E-state index in [0.29, 0.717) is 37.9 Å². The predicted molar refractivity (Wildman–Crippen MR) is 85.9 cm³/mol. The number of rotatable bonds is 6. The quantitative estimate of drug-likeness (QED) is 0.820. The Bertz CT molecular complexity index is 586. The predicted octanol–water partition coefficient (Wildman–Crippen LogP) is 2.73. The summed E-state index contributed by atoms with van der Waals surface area (Å²) in [5, 5.41) is 2.75. The Kier molecular flexibility index (Phi) is 6.24. The molecule has 1 atom stereocenters. The SMILES string of the molecule is C#CCOc1cc(F)ccc1NC(=O)N1CC[C@@H](COCC)C1. The Labute approximate surface area is 135 Å². The van der Waals surface area contributed by atoms with Crippen LogP contribution in [0.2, 0.25) is 0 Å². The summed E-state index contributed by atoms with van der Waals surface area (Å²) in [7, 11) is 0. The van der Waals surface area contributed by atoms with Gasteiger partial charge in [-0.1, -0.05) is 5.92 Å². The molecule has 0 radical (unpaired) electrons. The number of benzene rings is 1. The van der Waals surface area contributed by atoms with Crippen molar-refractivity contribution in [3.63, 3.8) is 0 Å². The Morgan fingerprint density at radius 3 is 3.13 bits per heavy atom. The second-order valence-electron chi connectivity index (χ2n) is 5.32. The average molecular weight is 320 g/mol. The minimum absolute atomic E-state index is 0.00642. The van der Waals surface area contributed by atoms with Gasteiger partial charge in [-0.2, -0.15) is 0 Å². The first-order valence-corrected chi connectivity index (χ1v) is 7.63. The molecule has 1 aliphatic rings. The van der Waals surface area contributed by atoms with E-state index < -0.39 is 5.82 Å². The Hall–Kier alpha value is -2.26. The van der Waals surface area contributed by atoms with Gasteiger partial charge in [-0.15, -0.1) is 6.42 Å². The fourth-order valence-corrected chi connectivity index (χ4v) is 2.47. The van der Waals surface area contributed by atoms with Crippen LogP contribution in [0.1, 0.15) is 13.3 Å². The summed E-state index contributed by atoms with van der Waals surface area (Å²) in [6.45, 7) is 4.61. The highest BCUT2D eigenvalue weighted by Crippen LogP contribution is 2.26. The molecular formula is C17H21FN2O3. The standard InChI is InChI=1S/C17H21FN2O3/c1-3-9-23-16-10-14(18)5-6-15(16)19-17(21)20-8-7-13(11-20)12-22-4-2/h1,5-6,10,13H,4,7-9,11-12H2,2H3,(H,19,21)/t13-/m1/s1. The van der Waals surface area contributed by atoms with Crippen molar-refractivity contribution in [3.05, 3.63) is 24.0 Å². The molecule has 0 bridgehead atoms. The van der Waals surface area contributed by atoms with E-state index in [1.807, 2.05) is 6.92 Å². The van der Waals surface area contributed by atoms with E-state index >= 15 is 0 Å². The number of likely N-dealkylation sites (tertiary alicyclic amines) is 1. The fourth-order valence-electron chi connectivity index (χ4n) is 2.47. The second kappa shape index (κ2) is 8.39. The molecule has 1 saturated heterocycles. The van der Waals surface area contributed by atoms with Crippen LogP contribution in [0.5, 0.6) is 5.75 Å². The monoisotopic (exact) mass is 320 g/mol. The maximum atomic E-state index is 13.3. The maximum Gasteiger partial charge on any atom is 0.321 e. The highest BCUT2D eigenvalue weighted by Gasteiger charge is 2.26. The number of amides is 2. The van der Waals surface area contributed by atoms with Gasteiger partial charge in [0.15, 0.2) is 0 Å². The van der Waals surface area contributed by atoms with Crippen LogP contribution in [0, 0.1) is 24.1 Å². The van der Waals surface area contributed by atoms with Crippen LogP contribution >= 0.6 is 0 Å². The summed E-state index contributed by atoms with van der Waals surface area (Å²) in [5.74, 6) is 2.44. The lowest BCUT2D eigenvalue weighted by Crippen LogP contribution is -2.33. The van der Waals surface area contributed by atoms with E-state index in [1.54, 1.807) is 4.90 Å². The molecular weight excluding hydrogens is 299 g/mol. The molecule has 1 fully saturated rings. The van der Waals surface area contributed by atoms with E-state index in [0.717, 1.165) is 6.42 Å². The highest BCUT2D eigenvalue weighted by molar-refractivity contribution is 5.91. The van der Waals surface area contributed by atoms with Crippen molar-refractivity contribution >= 4 is 11.7 Å². The first-order valence-electron chi connectivity index (χ1n) is 7.63. The summed E-state index contributed by atoms with van der Waals surface area (Å²) in [5.41, 5.74) is 0.403. The van der Waals surface area contributed by atoms with Crippen LogP contribution in [0.4, 0.5) is 14.9 Å². The number of anilines is 1. The van der Waals surface area contributed by atoms with Gasteiger partial charge in [0.05, 0.1) is 12.3 Å². The van der Waals surface area contributed by atoms with Gasteiger partial charge in [-0.3, -0.25) is 0 Å². The largest absolute Gasteiger partial charge is 0.479 e. The molecule has 0 aliphatic carbocycles. The molecule has 0 unspecified atom stereocenters. The molecule has 1 heterocycles. The number of nitrogens with one attached hydrogen (secondary N) is 1. The molecule has 6 heteroatoms. The molecule has 124 valence electrons. The van der Waals surface area contributed by atoms with Gasteiger partial charge in [0.2, 0.25) is 0 Å². The van der Waals surface area contributed by atoms with Crippen LogP contribution in [0.3, 0.4) is 0 Å². The number of ether oxygens (including phenoxy) is 2. The molecule has 1 N–H and O–H groups in total. The molecule has 0 saturated carbocycles. The summed E-state index contributed by atoms with van der Waals surface area (Å²) in [4.78, 5) is 14.0. The maximum absolute atomic E-state index is 13.3. The number of carbonyl (C=O) groups excluding carboxylic acids is 1. The first kappa shape index (κ1) is 17.1. The normalized spacial score (nSPS) is 16.9. The van der Waals surface area contributed by atoms with Gasteiger partial charge in [-0.25, -0.2) is 9.18 Å². The van der Waals surface area contributed by atoms with E-state index in [2.05, 4.69) is 11.2 Å². The number of terminal acetylenes is 1. The zero-order valence-electron chi connectivity index (χ0n) is 13.2. The molecule has 0 spiro atoms. The second-order valence-corrected chi connectivity index (χ2v) is 5.32. The Morgan fingerprint density at radius 1 is 1.57 bits per heavy atom. The van der Waals surface area contributed by atoms with E-state index in [1.165, 1.54) is 18.2 Å². The van der Waals surface area contributed by atoms with Crippen molar-refractivity contribution in [1.29, 1.82) is 0 Å². The van der Waals surface area contributed by atoms with Crippen molar-refractivity contribution in [2.75, 3.05) is 38.2 Å². The summed E-state index contributed by atoms with van der Waals surface area (Å²) < 4.78 is 24.0. The van der Waals surface area contributed by atoms with Crippen molar-refractivity contribution < 1.29 is 18.7 Å². The molecule has 1 aromatic carbocycles. The lowest BCUT2D eigenvalue weighted by atomic mass is 10.1. The average Bonchev–Trinajstić information content (AvgIpc) is 3.02.